The van der Waals surface area contributed by atoms with Crippen molar-refractivity contribution in [3.63, 3.8) is 0 Å². The molecule has 0 saturated carbocycles. The summed E-state index contributed by atoms with van der Waals surface area (Å²) >= 11 is 6.01. The highest BCUT2D eigenvalue weighted by atomic mass is 35.5. The zero-order chi connectivity index (χ0) is 19.7. The van der Waals surface area contributed by atoms with Gasteiger partial charge in [0, 0.05) is 18.1 Å². The molecule has 0 bridgehead atoms. The molecule has 3 aromatic carbocycles. The van der Waals surface area contributed by atoms with E-state index >= 15 is 0 Å². The molecule has 4 heteroatoms. The molecule has 0 amide bonds. The highest BCUT2D eigenvalue weighted by Crippen LogP contribution is 2.30. The van der Waals surface area contributed by atoms with Crippen LogP contribution in [0, 0.1) is 20.8 Å². The van der Waals surface area contributed by atoms with Gasteiger partial charge in [-0.25, -0.2) is 4.98 Å². The van der Waals surface area contributed by atoms with Gasteiger partial charge in [-0.2, -0.15) is 0 Å². The highest BCUT2D eigenvalue weighted by molar-refractivity contribution is 6.30. The van der Waals surface area contributed by atoms with Gasteiger partial charge in [-0.3, -0.25) is 0 Å². The zero-order valence-electron chi connectivity index (χ0n) is 16.5. The van der Waals surface area contributed by atoms with Crippen LogP contribution in [0.2, 0.25) is 5.02 Å². The number of nitrogens with one attached hydrogen (secondary N) is 1. The van der Waals surface area contributed by atoms with E-state index in [4.69, 9.17) is 16.6 Å². The lowest BCUT2D eigenvalue weighted by atomic mass is 10.1. The lowest BCUT2D eigenvalue weighted by Gasteiger charge is -2.14. The number of hydrogen-bond acceptors (Lipinski definition) is 2. The Bertz CT molecular complexity index is 1110. The van der Waals surface area contributed by atoms with E-state index in [0.29, 0.717) is 0 Å². The van der Waals surface area contributed by atoms with Gasteiger partial charge in [0.15, 0.2) is 0 Å². The number of anilines is 1. The fraction of sp³-hybridized carbons (Fsp3) is 0.208. The standard InChI is InChI=1S/C24H24ClN3/c1-16-4-6-19(7-5-16)13-26-23-18(3)17(2)12-22-24(23)27-15-28(22)14-20-8-10-21(25)11-9-20/h4-12,15,26H,13-14H2,1-3H3. The Kier molecular flexibility index (Phi) is 5.10. The Morgan fingerprint density at radius 3 is 2.32 bits per heavy atom. The van der Waals surface area contributed by atoms with Crippen LogP contribution in [0.5, 0.6) is 0 Å². The second kappa shape index (κ2) is 7.69. The molecule has 0 unspecified atom stereocenters. The summed E-state index contributed by atoms with van der Waals surface area (Å²) < 4.78 is 2.20. The fourth-order valence-electron chi connectivity index (χ4n) is 3.45. The zero-order valence-corrected chi connectivity index (χ0v) is 17.2. The molecular formula is C24H24ClN3. The number of benzene rings is 3. The number of hydrogen-bond donors (Lipinski definition) is 1. The lowest BCUT2D eigenvalue weighted by Crippen LogP contribution is -2.04. The van der Waals surface area contributed by atoms with E-state index in [1.54, 1.807) is 0 Å². The molecule has 0 fully saturated rings. The fourth-order valence-corrected chi connectivity index (χ4v) is 3.57. The third-order valence-electron chi connectivity index (χ3n) is 5.29. The molecule has 1 heterocycles. The number of nitrogens with zero attached hydrogens (tertiary/aromatic N) is 2. The van der Waals surface area contributed by atoms with E-state index in [1.807, 2.05) is 18.5 Å². The number of aromatic nitrogens is 2. The van der Waals surface area contributed by atoms with Crippen LogP contribution in [0.25, 0.3) is 11.0 Å². The smallest absolute Gasteiger partial charge is 0.112 e. The third-order valence-corrected chi connectivity index (χ3v) is 5.54. The van der Waals surface area contributed by atoms with Gasteiger partial charge in [0.25, 0.3) is 0 Å². The third kappa shape index (κ3) is 3.76. The lowest BCUT2D eigenvalue weighted by molar-refractivity contribution is 0.824. The van der Waals surface area contributed by atoms with Crippen molar-refractivity contribution in [3.8, 4) is 0 Å². The van der Waals surface area contributed by atoms with Crippen molar-refractivity contribution >= 4 is 28.3 Å². The molecule has 0 saturated heterocycles. The van der Waals surface area contributed by atoms with Crippen molar-refractivity contribution < 1.29 is 0 Å². The van der Waals surface area contributed by atoms with Crippen LogP contribution in [0.3, 0.4) is 0 Å². The maximum atomic E-state index is 6.01. The molecule has 28 heavy (non-hydrogen) atoms. The number of imidazole rings is 1. The van der Waals surface area contributed by atoms with Crippen LogP contribution >= 0.6 is 11.6 Å². The summed E-state index contributed by atoms with van der Waals surface area (Å²) in [6.07, 6.45) is 1.93. The van der Waals surface area contributed by atoms with E-state index in [-0.39, 0.29) is 0 Å². The van der Waals surface area contributed by atoms with Gasteiger partial charge in [0.2, 0.25) is 0 Å². The van der Waals surface area contributed by atoms with Gasteiger partial charge in [-0.05, 0) is 61.2 Å². The quantitative estimate of drug-likeness (QED) is 0.435. The minimum atomic E-state index is 0.758. The van der Waals surface area contributed by atoms with Gasteiger partial charge in [-0.1, -0.05) is 53.6 Å². The second-order valence-corrected chi connectivity index (χ2v) is 7.84. The van der Waals surface area contributed by atoms with Crippen molar-refractivity contribution in [2.24, 2.45) is 0 Å². The monoisotopic (exact) mass is 389 g/mol. The summed E-state index contributed by atoms with van der Waals surface area (Å²) in [5.41, 5.74) is 9.53. The van der Waals surface area contributed by atoms with E-state index in [9.17, 15) is 0 Å². The largest absolute Gasteiger partial charge is 0.379 e. The minimum Gasteiger partial charge on any atom is -0.379 e. The number of fused-ring (bicyclic) bond motifs is 1. The molecule has 0 aliphatic heterocycles. The molecule has 0 aliphatic rings. The summed E-state index contributed by atoms with van der Waals surface area (Å²) in [4.78, 5) is 4.74. The molecule has 0 atom stereocenters. The summed E-state index contributed by atoms with van der Waals surface area (Å²) in [6.45, 7) is 7.98. The van der Waals surface area contributed by atoms with Crippen LogP contribution < -0.4 is 5.32 Å². The van der Waals surface area contributed by atoms with Gasteiger partial charge >= 0.3 is 0 Å². The van der Waals surface area contributed by atoms with Gasteiger partial charge in [0.1, 0.15) is 5.52 Å². The Balaban J connectivity index is 1.66. The van der Waals surface area contributed by atoms with Gasteiger partial charge in [-0.15, -0.1) is 0 Å². The molecule has 4 aromatic rings. The van der Waals surface area contributed by atoms with Crippen molar-refractivity contribution in [2.45, 2.75) is 33.9 Å². The summed E-state index contributed by atoms with van der Waals surface area (Å²) in [7, 11) is 0. The SMILES string of the molecule is Cc1ccc(CNc2c(C)c(C)cc3c2ncn3Cc2ccc(Cl)cc2)cc1. The Labute approximate surface area is 171 Å². The second-order valence-electron chi connectivity index (χ2n) is 7.40. The van der Waals surface area contributed by atoms with Crippen LogP contribution in [-0.4, -0.2) is 9.55 Å². The summed E-state index contributed by atoms with van der Waals surface area (Å²) in [5, 5.41) is 4.38. The molecule has 0 spiro atoms. The Morgan fingerprint density at radius 1 is 0.929 bits per heavy atom. The topological polar surface area (TPSA) is 29.9 Å². The maximum absolute atomic E-state index is 6.01. The molecule has 0 aliphatic carbocycles. The van der Waals surface area contributed by atoms with Crippen LogP contribution in [0.1, 0.15) is 27.8 Å². The maximum Gasteiger partial charge on any atom is 0.112 e. The highest BCUT2D eigenvalue weighted by Gasteiger charge is 2.13. The minimum absolute atomic E-state index is 0.758. The molecule has 1 aromatic heterocycles. The Hall–Kier alpha value is -2.78. The predicted molar refractivity (Wildman–Crippen MR) is 118 cm³/mol. The van der Waals surface area contributed by atoms with Crippen LogP contribution in [-0.2, 0) is 13.1 Å². The average molecular weight is 390 g/mol. The number of rotatable bonds is 5. The van der Waals surface area contributed by atoms with E-state index in [0.717, 1.165) is 34.8 Å². The Morgan fingerprint density at radius 2 is 1.61 bits per heavy atom. The first kappa shape index (κ1) is 18.6. The molecule has 0 radical (unpaired) electrons. The first-order chi connectivity index (χ1) is 13.5. The van der Waals surface area contributed by atoms with E-state index < -0.39 is 0 Å². The predicted octanol–water partition coefficient (Wildman–Crippen LogP) is 6.28. The number of aryl methyl sites for hydroxylation is 2. The summed E-state index contributed by atoms with van der Waals surface area (Å²) in [6, 6.07) is 18.8. The van der Waals surface area contributed by atoms with Crippen LogP contribution in [0.4, 0.5) is 5.69 Å². The van der Waals surface area contributed by atoms with Crippen molar-refractivity contribution in [2.75, 3.05) is 5.32 Å². The van der Waals surface area contributed by atoms with Gasteiger partial charge < -0.3 is 9.88 Å². The average Bonchev–Trinajstić information content (AvgIpc) is 3.07. The van der Waals surface area contributed by atoms with Crippen LogP contribution in [0.15, 0.2) is 60.9 Å². The van der Waals surface area contributed by atoms with Gasteiger partial charge in [0.05, 0.1) is 17.5 Å². The summed E-state index contributed by atoms with van der Waals surface area (Å²) in [5.74, 6) is 0. The molecular weight excluding hydrogens is 366 g/mol. The first-order valence-corrected chi connectivity index (χ1v) is 9.88. The van der Waals surface area contributed by atoms with Crippen molar-refractivity contribution in [1.82, 2.24) is 9.55 Å². The molecule has 4 rings (SSSR count). The van der Waals surface area contributed by atoms with Crippen molar-refractivity contribution in [3.05, 3.63) is 93.8 Å². The van der Waals surface area contributed by atoms with E-state index in [2.05, 4.69) is 73.1 Å². The molecule has 142 valence electrons. The van der Waals surface area contributed by atoms with E-state index in [1.165, 1.54) is 27.8 Å². The first-order valence-electron chi connectivity index (χ1n) is 9.50. The number of halogens is 1. The molecule has 1 N–H and O–H groups in total. The molecule has 3 nitrogen and oxygen atoms in total. The van der Waals surface area contributed by atoms with Crippen molar-refractivity contribution in [1.29, 1.82) is 0 Å². The normalized spacial score (nSPS) is 11.1.